The molecule has 6 nitrogen and oxygen atoms in total. The molecule has 1 saturated carbocycles. The molecule has 1 aliphatic heterocycles. The van der Waals surface area contributed by atoms with Gasteiger partial charge in [0.05, 0.1) is 18.1 Å². The first-order valence-electron chi connectivity index (χ1n) is 8.95. The summed E-state index contributed by atoms with van der Waals surface area (Å²) in [6.07, 6.45) is 4.21. The standard InChI is InChI=1S/C18H26N2O4S/c1-14-5-7-16(8-6-14)19-18(21)15-3-2-4-17(13-15)25(22,23)20-9-11-24-12-10-20/h2-4,13-14,16H,5-12H2,1H3,(H,19,21). The molecule has 7 heteroatoms. The Kier molecular flexibility index (Phi) is 5.76. The second-order valence-corrected chi connectivity index (χ2v) is 8.91. The summed E-state index contributed by atoms with van der Waals surface area (Å²) in [6.45, 7) is 3.73. The molecule has 0 radical (unpaired) electrons. The molecule has 1 aromatic rings. The monoisotopic (exact) mass is 366 g/mol. The van der Waals surface area contributed by atoms with E-state index in [4.69, 9.17) is 4.74 Å². The topological polar surface area (TPSA) is 75.7 Å². The van der Waals surface area contributed by atoms with Crippen molar-refractivity contribution in [3.8, 4) is 0 Å². The molecule has 1 aromatic carbocycles. The second-order valence-electron chi connectivity index (χ2n) is 6.97. The van der Waals surface area contributed by atoms with Gasteiger partial charge in [-0.3, -0.25) is 4.79 Å². The van der Waals surface area contributed by atoms with Crippen molar-refractivity contribution in [2.75, 3.05) is 26.3 Å². The van der Waals surface area contributed by atoms with Gasteiger partial charge in [-0.05, 0) is 49.8 Å². The SMILES string of the molecule is CC1CCC(NC(=O)c2cccc(S(=O)(=O)N3CCOCC3)c2)CC1. The lowest BCUT2D eigenvalue weighted by Crippen LogP contribution is -2.40. The number of benzene rings is 1. The molecule has 0 bridgehead atoms. The number of amides is 1. The number of rotatable bonds is 4. The molecule has 1 N–H and O–H groups in total. The Morgan fingerprint density at radius 3 is 2.52 bits per heavy atom. The number of nitrogens with one attached hydrogen (secondary N) is 1. The zero-order valence-corrected chi connectivity index (χ0v) is 15.4. The van der Waals surface area contributed by atoms with Crippen LogP contribution in [0.15, 0.2) is 29.2 Å². The summed E-state index contributed by atoms with van der Waals surface area (Å²) in [5, 5.41) is 3.05. The number of nitrogens with zero attached hydrogens (tertiary/aromatic N) is 1. The van der Waals surface area contributed by atoms with Crippen molar-refractivity contribution < 1.29 is 17.9 Å². The normalized spacial score (nSPS) is 25.5. The maximum atomic E-state index is 12.7. The highest BCUT2D eigenvalue weighted by atomic mass is 32.2. The van der Waals surface area contributed by atoms with Gasteiger partial charge in [-0.25, -0.2) is 8.42 Å². The van der Waals surface area contributed by atoms with Crippen LogP contribution in [0, 0.1) is 5.92 Å². The Balaban J connectivity index is 1.71. The maximum Gasteiger partial charge on any atom is 0.251 e. The quantitative estimate of drug-likeness (QED) is 0.884. The number of hydrogen-bond acceptors (Lipinski definition) is 4. The average molecular weight is 366 g/mol. The summed E-state index contributed by atoms with van der Waals surface area (Å²) in [6, 6.07) is 6.50. The Hall–Kier alpha value is -1.44. The fourth-order valence-corrected chi connectivity index (χ4v) is 4.86. The van der Waals surface area contributed by atoms with E-state index < -0.39 is 10.0 Å². The summed E-state index contributed by atoms with van der Waals surface area (Å²) in [5.41, 5.74) is 0.396. The van der Waals surface area contributed by atoms with E-state index in [1.807, 2.05) is 0 Å². The third-order valence-electron chi connectivity index (χ3n) is 5.06. The third kappa shape index (κ3) is 4.40. The van der Waals surface area contributed by atoms with Crippen molar-refractivity contribution in [2.45, 2.75) is 43.5 Å². The molecule has 25 heavy (non-hydrogen) atoms. The van der Waals surface area contributed by atoms with Gasteiger partial charge in [-0.15, -0.1) is 0 Å². The van der Waals surface area contributed by atoms with Crippen molar-refractivity contribution in [3.05, 3.63) is 29.8 Å². The van der Waals surface area contributed by atoms with Gasteiger partial charge >= 0.3 is 0 Å². The molecule has 1 saturated heterocycles. The summed E-state index contributed by atoms with van der Waals surface area (Å²) in [7, 11) is -3.59. The van der Waals surface area contributed by atoms with Gasteiger partial charge in [-0.1, -0.05) is 13.0 Å². The van der Waals surface area contributed by atoms with Gasteiger partial charge < -0.3 is 10.1 Å². The fraction of sp³-hybridized carbons (Fsp3) is 0.611. The van der Waals surface area contributed by atoms with Crippen LogP contribution in [-0.2, 0) is 14.8 Å². The lowest BCUT2D eigenvalue weighted by Gasteiger charge is -2.27. The van der Waals surface area contributed by atoms with Crippen LogP contribution in [0.3, 0.4) is 0 Å². The van der Waals surface area contributed by atoms with Gasteiger partial charge in [0, 0.05) is 24.7 Å². The molecule has 2 aliphatic rings. The summed E-state index contributed by atoms with van der Waals surface area (Å²) in [5.74, 6) is 0.522. The Morgan fingerprint density at radius 1 is 1.16 bits per heavy atom. The predicted molar refractivity (Wildman–Crippen MR) is 94.9 cm³/mol. The first-order valence-corrected chi connectivity index (χ1v) is 10.4. The van der Waals surface area contributed by atoms with E-state index in [0.717, 1.165) is 31.6 Å². The van der Waals surface area contributed by atoms with Crippen molar-refractivity contribution in [1.29, 1.82) is 0 Å². The van der Waals surface area contributed by atoms with E-state index >= 15 is 0 Å². The molecule has 1 heterocycles. The first-order chi connectivity index (χ1) is 12.0. The van der Waals surface area contributed by atoms with Gasteiger partial charge in [-0.2, -0.15) is 4.31 Å². The molecule has 1 amide bonds. The number of ether oxygens (including phenoxy) is 1. The maximum absolute atomic E-state index is 12.7. The van der Waals surface area contributed by atoms with E-state index in [2.05, 4.69) is 12.2 Å². The Morgan fingerprint density at radius 2 is 1.84 bits per heavy atom. The fourth-order valence-electron chi connectivity index (χ4n) is 3.41. The molecular weight excluding hydrogens is 340 g/mol. The van der Waals surface area contributed by atoms with Crippen LogP contribution in [0.1, 0.15) is 43.0 Å². The highest BCUT2D eigenvalue weighted by molar-refractivity contribution is 7.89. The number of morpholine rings is 1. The molecule has 0 aromatic heterocycles. The van der Waals surface area contributed by atoms with Crippen LogP contribution in [0.25, 0.3) is 0 Å². The Bertz CT molecular complexity index is 706. The first kappa shape index (κ1) is 18.4. The highest BCUT2D eigenvalue weighted by Gasteiger charge is 2.27. The number of sulfonamides is 1. The van der Waals surface area contributed by atoms with E-state index in [-0.39, 0.29) is 16.8 Å². The predicted octanol–water partition coefficient (Wildman–Crippen LogP) is 2.02. The number of carbonyl (C=O) groups excluding carboxylic acids is 1. The minimum atomic E-state index is -3.59. The van der Waals surface area contributed by atoms with Crippen LogP contribution >= 0.6 is 0 Å². The molecule has 3 rings (SSSR count). The minimum Gasteiger partial charge on any atom is -0.379 e. The molecule has 0 spiro atoms. The summed E-state index contributed by atoms with van der Waals surface area (Å²) in [4.78, 5) is 12.7. The van der Waals surface area contributed by atoms with Crippen LogP contribution in [-0.4, -0.2) is 51.0 Å². The molecule has 138 valence electrons. The van der Waals surface area contributed by atoms with Gasteiger partial charge in [0.2, 0.25) is 10.0 Å². The molecule has 0 unspecified atom stereocenters. The minimum absolute atomic E-state index is 0.166. The zero-order valence-electron chi connectivity index (χ0n) is 14.6. The van der Waals surface area contributed by atoms with E-state index in [0.29, 0.717) is 31.9 Å². The van der Waals surface area contributed by atoms with Crippen molar-refractivity contribution >= 4 is 15.9 Å². The van der Waals surface area contributed by atoms with Crippen LogP contribution in [0.4, 0.5) is 0 Å². The van der Waals surface area contributed by atoms with Crippen molar-refractivity contribution in [3.63, 3.8) is 0 Å². The molecule has 0 atom stereocenters. The van der Waals surface area contributed by atoms with Crippen molar-refractivity contribution in [1.82, 2.24) is 9.62 Å². The Labute approximate surface area is 149 Å². The van der Waals surface area contributed by atoms with Gasteiger partial charge in [0.25, 0.3) is 5.91 Å². The summed E-state index contributed by atoms with van der Waals surface area (Å²) >= 11 is 0. The molecular formula is C18H26N2O4S. The number of carbonyl (C=O) groups is 1. The molecule has 1 aliphatic carbocycles. The summed E-state index contributed by atoms with van der Waals surface area (Å²) < 4.78 is 32.1. The van der Waals surface area contributed by atoms with Crippen LogP contribution in [0.5, 0.6) is 0 Å². The van der Waals surface area contributed by atoms with E-state index in [1.165, 1.54) is 10.4 Å². The highest BCUT2D eigenvalue weighted by Crippen LogP contribution is 2.24. The van der Waals surface area contributed by atoms with Gasteiger partial charge in [0.1, 0.15) is 0 Å². The lowest BCUT2D eigenvalue weighted by molar-refractivity contribution is 0.0730. The third-order valence-corrected chi connectivity index (χ3v) is 6.95. The van der Waals surface area contributed by atoms with E-state index in [9.17, 15) is 13.2 Å². The van der Waals surface area contributed by atoms with Crippen molar-refractivity contribution in [2.24, 2.45) is 5.92 Å². The van der Waals surface area contributed by atoms with E-state index in [1.54, 1.807) is 18.2 Å². The zero-order chi connectivity index (χ0) is 17.9. The number of hydrogen-bond donors (Lipinski definition) is 1. The second kappa shape index (κ2) is 7.85. The van der Waals surface area contributed by atoms with Crippen LogP contribution in [0.2, 0.25) is 0 Å². The van der Waals surface area contributed by atoms with Crippen LogP contribution < -0.4 is 5.32 Å². The smallest absolute Gasteiger partial charge is 0.251 e. The lowest BCUT2D eigenvalue weighted by atomic mass is 9.87. The largest absolute Gasteiger partial charge is 0.379 e. The molecule has 2 fully saturated rings. The average Bonchev–Trinajstić information content (AvgIpc) is 2.64. The van der Waals surface area contributed by atoms with Gasteiger partial charge in [0.15, 0.2) is 0 Å².